The summed E-state index contributed by atoms with van der Waals surface area (Å²) >= 11 is 0. The number of hydrazone groups is 1. The molecule has 0 aromatic carbocycles. The number of hydrogen-bond acceptors (Lipinski definition) is 13. The first-order valence-corrected chi connectivity index (χ1v) is 19.0. The van der Waals surface area contributed by atoms with Crippen molar-refractivity contribution in [1.82, 2.24) is 32.4 Å². The number of ether oxygens (including phenoxy) is 4. The maximum atomic E-state index is 12.3. The quantitative estimate of drug-likeness (QED) is 0.0453. The third-order valence-corrected chi connectivity index (χ3v) is 7.98. The average molecular weight is 744 g/mol. The Hall–Kier alpha value is -3.38. The summed E-state index contributed by atoms with van der Waals surface area (Å²) in [5, 5.41) is 21.4. The van der Waals surface area contributed by atoms with Gasteiger partial charge < -0.3 is 40.0 Å². The Labute approximate surface area is 308 Å². The Bertz CT molecular complexity index is 1020. The summed E-state index contributed by atoms with van der Waals surface area (Å²) in [5.41, 5.74) is 8.39. The molecule has 300 valence electrons. The van der Waals surface area contributed by atoms with Gasteiger partial charge in [-0.1, -0.05) is 70.6 Å². The number of amidine groups is 1. The van der Waals surface area contributed by atoms with Crippen molar-refractivity contribution in [2.45, 2.75) is 122 Å². The fraction of sp³-hybridized carbons (Fsp3) is 0.829. The number of amides is 3. The molecule has 0 fully saturated rings. The van der Waals surface area contributed by atoms with Crippen molar-refractivity contribution >= 4 is 35.3 Å². The minimum absolute atomic E-state index is 0.00493. The minimum Gasteiger partial charge on any atom is -0.480 e. The average Bonchev–Trinajstić information content (AvgIpc) is 3.64. The van der Waals surface area contributed by atoms with E-state index in [4.69, 9.17) is 18.9 Å². The van der Waals surface area contributed by atoms with Crippen LogP contribution in [0.1, 0.15) is 116 Å². The molecule has 0 saturated carbocycles. The van der Waals surface area contributed by atoms with Crippen LogP contribution in [-0.4, -0.2) is 112 Å². The summed E-state index contributed by atoms with van der Waals surface area (Å²) < 4.78 is 21.0. The molecular weight excluding hydrogens is 678 g/mol. The lowest BCUT2D eigenvalue weighted by atomic mass is 10.0. The van der Waals surface area contributed by atoms with Crippen molar-refractivity contribution in [3.63, 3.8) is 0 Å². The highest BCUT2D eigenvalue weighted by molar-refractivity contribution is 5.84. The van der Waals surface area contributed by atoms with E-state index >= 15 is 0 Å². The first-order chi connectivity index (χ1) is 25.3. The maximum Gasteiger partial charge on any atom is 0.326 e. The van der Waals surface area contributed by atoms with Crippen LogP contribution in [0.5, 0.6) is 0 Å². The van der Waals surface area contributed by atoms with Gasteiger partial charge in [0.05, 0.1) is 39.6 Å². The zero-order valence-electron chi connectivity index (χ0n) is 31.2. The van der Waals surface area contributed by atoms with Gasteiger partial charge in [0, 0.05) is 32.4 Å². The Balaban J connectivity index is 1.90. The van der Waals surface area contributed by atoms with Gasteiger partial charge in [0.1, 0.15) is 25.1 Å². The Kier molecular flexibility index (Phi) is 30.0. The van der Waals surface area contributed by atoms with Gasteiger partial charge in [-0.15, -0.1) is 10.6 Å². The summed E-state index contributed by atoms with van der Waals surface area (Å²) in [6.07, 6.45) is 16.3. The molecular formula is C35H65N7O10. The number of carbonyl (C=O) groups excluding carboxylic acids is 4. The molecule has 17 heteroatoms. The molecule has 1 heterocycles. The number of nitrogens with one attached hydrogen (secondary N) is 6. The Morgan fingerprint density at radius 3 is 1.69 bits per heavy atom. The predicted octanol–water partition coefficient (Wildman–Crippen LogP) is 2.00. The normalized spacial score (nSPS) is 12.8. The number of Topliss-reactive ketones (excluding diaryl/α,β-unsaturated/α-hetero) is 1. The van der Waals surface area contributed by atoms with Crippen molar-refractivity contribution in [2.24, 2.45) is 5.10 Å². The van der Waals surface area contributed by atoms with Crippen LogP contribution in [0.2, 0.25) is 0 Å². The number of hydrogen-bond donors (Lipinski definition) is 7. The number of carbonyl (C=O) groups is 5. The minimum atomic E-state index is -1.16. The Morgan fingerprint density at radius 2 is 1.15 bits per heavy atom. The molecule has 0 spiro atoms. The topological polar surface area (TPSA) is 227 Å². The zero-order chi connectivity index (χ0) is 37.9. The van der Waals surface area contributed by atoms with Gasteiger partial charge in [-0.05, 0) is 26.2 Å². The lowest BCUT2D eigenvalue weighted by molar-refractivity contribution is -0.142. The molecule has 0 aliphatic carbocycles. The first kappa shape index (κ1) is 46.6. The summed E-state index contributed by atoms with van der Waals surface area (Å²) in [5.74, 6) is -1.18. The molecule has 1 rings (SSSR count). The third-order valence-electron chi connectivity index (χ3n) is 7.98. The van der Waals surface area contributed by atoms with Gasteiger partial charge in [0.15, 0.2) is 5.78 Å². The molecule has 0 saturated heterocycles. The van der Waals surface area contributed by atoms with Crippen molar-refractivity contribution < 1.29 is 48.0 Å². The van der Waals surface area contributed by atoms with Crippen LogP contribution in [-0.2, 0) is 42.9 Å². The number of aliphatic carboxylic acids is 1. The first-order valence-electron chi connectivity index (χ1n) is 19.0. The number of hydrazine groups is 2. The summed E-state index contributed by atoms with van der Waals surface area (Å²) in [6, 6.07) is -1.12. The lowest BCUT2D eigenvalue weighted by Crippen LogP contribution is -2.41. The molecule has 0 bridgehead atoms. The van der Waals surface area contributed by atoms with Crippen molar-refractivity contribution in [1.29, 1.82) is 0 Å². The number of ketones is 1. The van der Waals surface area contributed by atoms with E-state index < -0.39 is 12.0 Å². The summed E-state index contributed by atoms with van der Waals surface area (Å²) in [6.45, 7) is 3.52. The van der Waals surface area contributed by atoms with E-state index in [2.05, 4.69) is 37.5 Å². The van der Waals surface area contributed by atoms with E-state index in [9.17, 15) is 29.1 Å². The van der Waals surface area contributed by atoms with Crippen molar-refractivity contribution in [3.05, 3.63) is 0 Å². The molecule has 1 aliphatic rings. The van der Waals surface area contributed by atoms with Gasteiger partial charge in [-0.25, -0.2) is 10.3 Å². The molecule has 0 radical (unpaired) electrons. The molecule has 3 amide bonds. The van der Waals surface area contributed by atoms with E-state index in [0.717, 1.165) is 37.9 Å². The monoisotopic (exact) mass is 743 g/mol. The van der Waals surface area contributed by atoms with E-state index in [1.165, 1.54) is 58.3 Å². The standard InChI is InChI=1S/C35H65N7O10/c1-29(43)27-51-25-23-50-22-20-37-34(46)28-52-26-24-49-21-19-36-32(44)18-17-30(35(47)48)38-33(45)16-14-12-10-8-6-4-2-3-5-7-9-11-13-15-31-39-41-42-40-31/h30,41-42H,2-28H2,1H3,(H,36,44)(H,37,46)(H,38,45)(H,39,40)(H,47,48)/t30-/m0/s1. The van der Waals surface area contributed by atoms with Crippen LogP contribution < -0.4 is 32.4 Å². The van der Waals surface area contributed by atoms with Crippen molar-refractivity contribution in [3.8, 4) is 0 Å². The SMILES string of the molecule is CC(=O)COCCOCCNC(=O)COCCOCCNC(=O)CC[C@H](NC(=O)CCCCCCCCCCCCCCCC1=NNNN1)C(=O)O. The molecule has 0 unspecified atom stereocenters. The molecule has 17 nitrogen and oxygen atoms in total. The molecule has 52 heavy (non-hydrogen) atoms. The number of carboxylic acids is 1. The van der Waals surface area contributed by atoms with Gasteiger partial charge >= 0.3 is 5.97 Å². The molecule has 1 aliphatic heterocycles. The van der Waals surface area contributed by atoms with E-state index in [-0.39, 0.29) is 82.3 Å². The van der Waals surface area contributed by atoms with Crippen LogP contribution in [0.3, 0.4) is 0 Å². The maximum absolute atomic E-state index is 12.3. The highest BCUT2D eigenvalue weighted by Gasteiger charge is 2.20. The van der Waals surface area contributed by atoms with Crippen molar-refractivity contribution in [2.75, 3.05) is 65.9 Å². The van der Waals surface area contributed by atoms with E-state index in [1.54, 1.807) is 0 Å². The number of nitrogens with zero attached hydrogens (tertiary/aromatic N) is 1. The van der Waals surface area contributed by atoms with E-state index in [0.29, 0.717) is 32.8 Å². The van der Waals surface area contributed by atoms with Crippen LogP contribution in [0.25, 0.3) is 0 Å². The summed E-state index contributed by atoms with van der Waals surface area (Å²) in [7, 11) is 0. The molecule has 0 aromatic heterocycles. The van der Waals surface area contributed by atoms with E-state index in [1.807, 2.05) is 0 Å². The van der Waals surface area contributed by atoms with Crippen LogP contribution in [0, 0.1) is 0 Å². The number of unbranched alkanes of at least 4 members (excludes halogenated alkanes) is 12. The second-order valence-corrected chi connectivity index (χ2v) is 12.7. The fourth-order valence-electron chi connectivity index (χ4n) is 5.15. The van der Waals surface area contributed by atoms with Crippen LogP contribution >= 0.6 is 0 Å². The van der Waals surface area contributed by atoms with Crippen LogP contribution in [0.4, 0.5) is 0 Å². The molecule has 1 atom stereocenters. The number of rotatable bonds is 37. The van der Waals surface area contributed by atoms with Gasteiger partial charge in [0.2, 0.25) is 17.7 Å². The largest absolute Gasteiger partial charge is 0.480 e. The smallest absolute Gasteiger partial charge is 0.326 e. The van der Waals surface area contributed by atoms with Crippen LogP contribution in [0.15, 0.2) is 5.10 Å². The van der Waals surface area contributed by atoms with Gasteiger partial charge in [-0.2, -0.15) is 0 Å². The molecule has 0 aromatic rings. The fourth-order valence-corrected chi connectivity index (χ4v) is 5.15. The highest BCUT2D eigenvalue weighted by atomic mass is 16.5. The predicted molar refractivity (Wildman–Crippen MR) is 195 cm³/mol. The lowest BCUT2D eigenvalue weighted by Gasteiger charge is -2.14. The second-order valence-electron chi connectivity index (χ2n) is 12.7. The Morgan fingerprint density at radius 1 is 0.635 bits per heavy atom. The second kappa shape index (κ2) is 33.5. The van der Waals surface area contributed by atoms with Gasteiger partial charge in [-0.3, -0.25) is 24.6 Å². The third kappa shape index (κ3) is 30.3. The number of carboxylic acid groups (broad SMARTS) is 1. The zero-order valence-corrected chi connectivity index (χ0v) is 31.2. The van der Waals surface area contributed by atoms with Gasteiger partial charge in [0.25, 0.3) is 0 Å². The highest BCUT2D eigenvalue weighted by Crippen LogP contribution is 2.13. The summed E-state index contributed by atoms with van der Waals surface area (Å²) in [4.78, 5) is 58.5. The molecule has 7 N–H and O–H groups in total.